The average molecular weight is 351 g/mol. The third kappa shape index (κ3) is 3.31. The Kier molecular flexibility index (Phi) is 4.64. The molecular weight excluding hydrogens is 330 g/mol. The monoisotopic (exact) mass is 351 g/mol. The molecule has 0 aliphatic carbocycles. The molecule has 3 aromatic rings. The number of benzene rings is 1. The minimum atomic E-state index is -0.713. The van der Waals surface area contributed by atoms with Crippen molar-refractivity contribution in [2.24, 2.45) is 0 Å². The van der Waals surface area contributed by atoms with Crippen molar-refractivity contribution in [1.82, 2.24) is 19.7 Å². The lowest BCUT2D eigenvalue weighted by atomic mass is 10.1. The fraction of sp³-hybridized carbons (Fsp3) is 0.316. The molecule has 0 unspecified atom stereocenters. The Morgan fingerprint density at radius 2 is 2.00 bits per heavy atom. The van der Waals surface area contributed by atoms with E-state index in [0.717, 1.165) is 35.9 Å². The van der Waals surface area contributed by atoms with Crippen LogP contribution >= 0.6 is 0 Å². The van der Waals surface area contributed by atoms with Crippen LogP contribution in [0.25, 0.3) is 0 Å². The van der Waals surface area contributed by atoms with Crippen molar-refractivity contribution in [2.45, 2.75) is 25.8 Å². The van der Waals surface area contributed by atoms with E-state index in [-0.39, 0.29) is 0 Å². The van der Waals surface area contributed by atoms with Gasteiger partial charge in [-0.25, -0.2) is 9.97 Å². The lowest BCUT2D eigenvalue weighted by molar-refractivity contribution is 0.181. The summed E-state index contributed by atoms with van der Waals surface area (Å²) in [5.41, 5.74) is 3.44. The van der Waals surface area contributed by atoms with Gasteiger partial charge in [-0.3, -0.25) is 4.68 Å². The molecule has 0 radical (unpaired) electrons. The van der Waals surface area contributed by atoms with E-state index in [2.05, 4.69) is 20.0 Å². The molecule has 7 nitrogen and oxygen atoms in total. The first-order valence-electron chi connectivity index (χ1n) is 8.59. The highest BCUT2D eigenvalue weighted by Crippen LogP contribution is 2.25. The van der Waals surface area contributed by atoms with Gasteiger partial charge in [-0.2, -0.15) is 5.10 Å². The van der Waals surface area contributed by atoms with Crippen LogP contribution in [0.2, 0.25) is 0 Å². The highest BCUT2D eigenvalue weighted by molar-refractivity contribution is 5.40. The standard InChI is InChI=1S/C19H21N5O2/c1-26-12-15-9-18(21-13-20-15)23-7-8-24-16(11-23)10-17(22-24)19(25)14-5-3-2-4-6-14/h2-6,9-10,13,19,25H,7-8,11-12H2,1H3/t19-/m1/s1. The van der Waals surface area contributed by atoms with E-state index < -0.39 is 6.10 Å². The minimum Gasteiger partial charge on any atom is -0.382 e. The van der Waals surface area contributed by atoms with Gasteiger partial charge in [0.05, 0.1) is 36.8 Å². The molecule has 1 aliphatic rings. The number of rotatable bonds is 5. The van der Waals surface area contributed by atoms with E-state index in [4.69, 9.17) is 4.74 Å². The van der Waals surface area contributed by atoms with Crippen LogP contribution in [0.1, 0.15) is 28.7 Å². The van der Waals surface area contributed by atoms with Crippen LogP contribution < -0.4 is 4.90 Å². The van der Waals surface area contributed by atoms with Crippen molar-refractivity contribution in [2.75, 3.05) is 18.6 Å². The molecule has 0 amide bonds. The quantitative estimate of drug-likeness (QED) is 0.757. The predicted octanol–water partition coefficient (Wildman–Crippen LogP) is 1.92. The molecule has 1 atom stereocenters. The van der Waals surface area contributed by atoms with Gasteiger partial charge in [0.2, 0.25) is 0 Å². The van der Waals surface area contributed by atoms with E-state index in [1.54, 1.807) is 13.4 Å². The predicted molar refractivity (Wildman–Crippen MR) is 96.5 cm³/mol. The molecule has 134 valence electrons. The third-order valence-electron chi connectivity index (χ3n) is 4.54. The molecule has 0 saturated heterocycles. The molecule has 4 rings (SSSR count). The van der Waals surface area contributed by atoms with E-state index in [1.807, 2.05) is 47.1 Å². The highest BCUT2D eigenvalue weighted by Gasteiger charge is 2.22. The Morgan fingerprint density at radius 1 is 1.15 bits per heavy atom. The first-order chi connectivity index (χ1) is 12.7. The number of fused-ring (bicyclic) bond motifs is 1. The summed E-state index contributed by atoms with van der Waals surface area (Å²) in [5, 5.41) is 15.2. The first-order valence-corrected chi connectivity index (χ1v) is 8.59. The topological polar surface area (TPSA) is 76.3 Å². The summed E-state index contributed by atoms with van der Waals surface area (Å²) in [6, 6.07) is 13.5. The summed E-state index contributed by atoms with van der Waals surface area (Å²) in [4.78, 5) is 10.8. The zero-order valence-electron chi connectivity index (χ0n) is 14.6. The van der Waals surface area contributed by atoms with Crippen molar-refractivity contribution in [3.63, 3.8) is 0 Å². The molecule has 0 spiro atoms. The van der Waals surface area contributed by atoms with E-state index >= 15 is 0 Å². The number of aliphatic hydroxyl groups is 1. The Morgan fingerprint density at radius 3 is 2.81 bits per heavy atom. The lowest BCUT2D eigenvalue weighted by Gasteiger charge is -2.28. The number of nitrogens with zero attached hydrogens (tertiary/aromatic N) is 5. The maximum absolute atomic E-state index is 10.6. The van der Waals surface area contributed by atoms with Gasteiger partial charge < -0.3 is 14.7 Å². The van der Waals surface area contributed by atoms with Crippen LogP contribution in [0.3, 0.4) is 0 Å². The molecule has 3 heterocycles. The molecule has 7 heteroatoms. The van der Waals surface area contributed by atoms with E-state index in [9.17, 15) is 5.11 Å². The van der Waals surface area contributed by atoms with Crippen LogP contribution in [-0.4, -0.2) is 38.5 Å². The normalized spacial score (nSPS) is 14.9. The molecule has 26 heavy (non-hydrogen) atoms. The van der Waals surface area contributed by atoms with E-state index in [1.165, 1.54) is 0 Å². The summed E-state index contributed by atoms with van der Waals surface area (Å²) >= 11 is 0. The van der Waals surface area contributed by atoms with Gasteiger partial charge in [0.1, 0.15) is 18.2 Å². The van der Waals surface area contributed by atoms with Gasteiger partial charge in [-0.05, 0) is 11.6 Å². The molecular formula is C19H21N5O2. The number of aliphatic hydroxyl groups excluding tert-OH is 1. The SMILES string of the molecule is COCc1cc(N2CCn3nc([C@H](O)c4ccccc4)cc3C2)ncn1. The number of ether oxygens (including phenoxy) is 1. The summed E-state index contributed by atoms with van der Waals surface area (Å²) in [7, 11) is 1.65. The van der Waals surface area contributed by atoms with Crippen molar-refractivity contribution >= 4 is 5.82 Å². The van der Waals surface area contributed by atoms with Crippen molar-refractivity contribution in [3.05, 3.63) is 71.4 Å². The van der Waals surface area contributed by atoms with Gasteiger partial charge in [-0.1, -0.05) is 30.3 Å². The van der Waals surface area contributed by atoms with E-state index in [0.29, 0.717) is 18.8 Å². The summed E-state index contributed by atoms with van der Waals surface area (Å²) in [6.45, 7) is 2.71. The summed E-state index contributed by atoms with van der Waals surface area (Å²) in [5.74, 6) is 0.879. The van der Waals surface area contributed by atoms with Crippen molar-refractivity contribution < 1.29 is 9.84 Å². The van der Waals surface area contributed by atoms with Gasteiger partial charge in [0.15, 0.2) is 0 Å². The maximum atomic E-state index is 10.6. The summed E-state index contributed by atoms with van der Waals surface area (Å²) < 4.78 is 7.12. The second-order valence-electron chi connectivity index (χ2n) is 6.32. The average Bonchev–Trinajstić information content (AvgIpc) is 3.12. The Labute approximate surface area is 151 Å². The molecule has 1 aliphatic heterocycles. The van der Waals surface area contributed by atoms with Gasteiger partial charge in [-0.15, -0.1) is 0 Å². The van der Waals surface area contributed by atoms with Crippen molar-refractivity contribution in [1.29, 1.82) is 0 Å². The molecule has 2 aromatic heterocycles. The fourth-order valence-corrected chi connectivity index (χ4v) is 3.21. The molecule has 0 saturated carbocycles. The number of methoxy groups -OCH3 is 1. The largest absolute Gasteiger partial charge is 0.382 e. The summed E-state index contributed by atoms with van der Waals surface area (Å²) in [6.07, 6.45) is 0.857. The molecule has 0 fully saturated rings. The zero-order valence-corrected chi connectivity index (χ0v) is 14.6. The van der Waals surface area contributed by atoms with Gasteiger partial charge in [0, 0.05) is 19.7 Å². The second kappa shape index (κ2) is 7.23. The van der Waals surface area contributed by atoms with Crippen LogP contribution in [-0.2, 0) is 24.4 Å². The molecule has 0 bridgehead atoms. The smallest absolute Gasteiger partial charge is 0.132 e. The Balaban J connectivity index is 1.54. The van der Waals surface area contributed by atoms with Crippen LogP contribution in [0.15, 0.2) is 48.8 Å². The molecule has 1 aromatic carbocycles. The lowest BCUT2D eigenvalue weighted by Crippen LogP contribution is -2.34. The zero-order chi connectivity index (χ0) is 17.9. The van der Waals surface area contributed by atoms with Gasteiger partial charge >= 0.3 is 0 Å². The minimum absolute atomic E-state index is 0.467. The van der Waals surface area contributed by atoms with Gasteiger partial charge in [0.25, 0.3) is 0 Å². The second-order valence-corrected chi connectivity index (χ2v) is 6.32. The number of aromatic nitrogens is 4. The number of hydrogen-bond acceptors (Lipinski definition) is 6. The van der Waals surface area contributed by atoms with Crippen LogP contribution in [0, 0.1) is 0 Å². The van der Waals surface area contributed by atoms with Crippen molar-refractivity contribution in [3.8, 4) is 0 Å². The fourth-order valence-electron chi connectivity index (χ4n) is 3.21. The Hall–Kier alpha value is -2.77. The van der Waals surface area contributed by atoms with Crippen LogP contribution in [0.5, 0.6) is 0 Å². The highest BCUT2D eigenvalue weighted by atomic mass is 16.5. The number of anilines is 1. The first kappa shape index (κ1) is 16.7. The molecule has 1 N–H and O–H groups in total. The van der Waals surface area contributed by atoms with Crippen LogP contribution in [0.4, 0.5) is 5.82 Å². The Bertz CT molecular complexity index is 881. The maximum Gasteiger partial charge on any atom is 0.132 e. The third-order valence-corrected chi connectivity index (χ3v) is 4.54. The number of hydrogen-bond donors (Lipinski definition) is 1.